The van der Waals surface area contributed by atoms with Crippen molar-refractivity contribution in [1.29, 1.82) is 0 Å². The molecule has 0 bridgehead atoms. The van der Waals surface area contributed by atoms with Gasteiger partial charge in [0.05, 0.1) is 34.9 Å². The number of benzene rings is 1. The monoisotopic (exact) mass is 468 g/mol. The molecule has 0 aliphatic heterocycles. The first kappa shape index (κ1) is 23.2. The minimum atomic E-state index is -4.47. The van der Waals surface area contributed by atoms with Crippen molar-refractivity contribution in [3.05, 3.63) is 89.6 Å². The molecule has 0 saturated heterocycles. The van der Waals surface area contributed by atoms with Crippen LogP contribution in [0.3, 0.4) is 0 Å². The minimum Gasteiger partial charge on any atom is -0.352 e. The molecule has 1 N–H and O–H groups in total. The molecule has 3 heterocycles. The van der Waals surface area contributed by atoms with Crippen molar-refractivity contribution in [1.82, 2.24) is 29.9 Å². The van der Waals surface area contributed by atoms with E-state index in [0.717, 1.165) is 23.5 Å². The van der Waals surface area contributed by atoms with Gasteiger partial charge in [-0.2, -0.15) is 23.4 Å². The summed E-state index contributed by atoms with van der Waals surface area (Å²) in [4.78, 5) is 16.8. The number of carbonyl (C=O) groups excluding carboxylic acids is 1. The van der Waals surface area contributed by atoms with Crippen molar-refractivity contribution in [3.8, 4) is 11.5 Å². The average molecular weight is 468 g/mol. The third-order valence-electron chi connectivity index (χ3n) is 5.25. The molecular formula is C24H23F3N6O. The predicted octanol–water partition coefficient (Wildman–Crippen LogP) is 4.57. The van der Waals surface area contributed by atoms with Gasteiger partial charge >= 0.3 is 6.18 Å². The van der Waals surface area contributed by atoms with Gasteiger partial charge in [-0.15, -0.1) is 0 Å². The number of halogens is 3. The van der Waals surface area contributed by atoms with E-state index in [4.69, 9.17) is 0 Å². The molecule has 0 spiro atoms. The van der Waals surface area contributed by atoms with Crippen molar-refractivity contribution < 1.29 is 18.0 Å². The fraction of sp³-hybridized carbons (Fsp3) is 0.250. The number of hydrogen-bond donors (Lipinski definition) is 1. The van der Waals surface area contributed by atoms with Crippen LogP contribution in [0.5, 0.6) is 0 Å². The van der Waals surface area contributed by atoms with Gasteiger partial charge in [-0.1, -0.05) is 32.0 Å². The molecule has 0 aliphatic carbocycles. The Labute approximate surface area is 194 Å². The average Bonchev–Trinajstić information content (AvgIpc) is 3.47. The Morgan fingerprint density at radius 1 is 1.03 bits per heavy atom. The first-order valence-electron chi connectivity index (χ1n) is 10.7. The summed E-state index contributed by atoms with van der Waals surface area (Å²) in [6.45, 7) is 4.15. The lowest BCUT2D eigenvalue weighted by Crippen LogP contribution is -2.26. The second-order valence-electron chi connectivity index (χ2n) is 8.05. The molecule has 34 heavy (non-hydrogen) atoms. The van der Waals surface area contributed by atoms with E-state index in [2.05, 4.69) is 20.5 Å². The Morgan fingerprint density at radius 2 is 1.79 bits per heavy atom. The van der Waals surface area contributed by atoms with Crippen molar-refractivity contribution in [2.24, 2.45) is 0 Å². The fourth-order valence-electron chi connectivity index (χ4n) is 3.58. The second-order valence-corrected chi connectivity index (χ2v) is 8.05. The van der Waals surface area contributed by atoms with E-state index >= 15 is 0 Å². The molecule has 4 rings (SSSR count). The van der Waals surface area contributed by atoms with Gasteiger partial charge in [0, 0.05) is 18.9 Å². The van der Waals surface area contributed by atoms with E-state index in [9.17, 15) is 18.0 Å². The van der Waals surface area contributed by atoms with E-state index in [1.807, 2.05) is 50.4 Å². The molecule has 0 saturated carbocycles. The topological polar surface area (TPSA) is 77.6 Å². The van der Waals surface area contributed by atoms with Gasteiger partial charge in [0.15, 0.2) is 5.82 Å². The van der Waals surface area contributed by atoms with E-state index in [1.54, 1.807) is 10.9 Å². The van der Waals surface area contributed by atoms with Gasteiger partial charge in [-0.3, -0.25) is 4.79 Å². The highest BCUT2D eigenvalue weighted by atomic mass is 19.4. The predicted molar refractivity (Wildman–Crippen MR) is 120 cm³/mol. The highest BCUT2D eigenvalue weighted by Gasteiger charge is 2.31. The molecule has 0 fully saturated rings. The number of nitrogens with one attached hydrogen (secondary N) is 1. The van der Waals surface area contributed by atoms with Crippen molar-refractivity contribution in [3.63, 3.8) is 0 Å². The summed E-state index contributed by atoms with van der Waals surface area (Å²) < 4.78 is 41.7. The summed E-state index contributed by atoms with van der Waals surface area (Å²) in [6.07, 6.45) is 1.96. The van der Waals surface area contributed by atoms with Gasteiger partial charge in [0.25, 0.3) is 5.91 Å². The molecule has 7 nitrogen and oxygen atoms in total. The van der Waals surface area contributed by atoms with E-state index in [0.29, 0.717) is 24.2 Å². The van der Waals surface area contributed by atoms with E-state index in [-0.39, 0.29) is 17.6 Å². The van der Waals surface area contributed by atoms with E-state index < -0.39 is 11.7 Å². The molecule has 0 atom stereocenters. The lowest BCUT2D eigenvalue weighted by atomic mass is 10.1. The quantitative estimate of drug-likeness (QED) is 0.431. The number of rotatable bonds is 7. The highest BCUT2D eigenvalue weighted by Crippen LogP contribution is 2.29. The third-order valence-corrected chi connectivity index (χ3v) is 5.25. The maximum atomic E-state index is 12.9. The highest BCUT2D eigenvalue weighted by molar-refractivity contribution is 5.95. The number of para-hydroxylation sites is 1. The van der Waals surface area contributed by atoms with Gasteiger partial charge < -0.3 is 5.32 Å². The van der Waals surface area contributed by atoms with Gasteiger partial charge in [0.2, 0.25) is 0 Å². The molecular weight excluding hydrogens is 445 g/mol. The van der Waals surface area contributed by atoms with E-state index in [1.165, 1.54) is 16.9 Å². The lowest BCUT2D eigenvalue weighted by molar-refractivity contribution is -0.137. The van der Waals surface area contributed by atoms with Gasteiger partial charge in [-0.05, 0) is 42.2 Å². The number of aromatic nitrogens is 5. The normalized spacial score (nSPS) is 11.7. The zero-order chi connectivity index (χ0) is 24.3. The van der Waals surface area contributed by atoms with Crippen LogP contribution >= 0.6 is 0 Å². The van der Waals surface area contributed by atoms with Crippen LogP contribution in [0.25, 0.3) is 11.5 Å². The van der Waals surface area contributed by atoms with Crippen molar-refractivity contribution in [2.45, 2.75) is 32.4 Å². The first-order valence-corrected chi connectivity index (χ1v) is 10.7. The summed E-state index contributed by atoms with van der Waals surface area (Å²) in [6, 6.07) is 11.9. The van der Waals surface area contributed by atoms with Gasteiger partial charge in [-0.25, -0.2) is 14.3 Å². The maximum Gasteiger partial charge on any atom is 0.417 e. The zero-order valence-corrected chi connectivity index (χ0v) is 18.6. The third kappa shape index (κ3) is 5.00. The van der Waals surface area contributed by atoms with Crippen LogP contribution in [-0.4, -0.2) is 37.0 Å². The summed E-state index contributed by atoms with van der Waals surface area (Å²) in [5.74, 6) is -0.210. The molecule has 0 aliphatic rings. The van der Waals surface area contributed by atoms with Crippen LogP contribution in [0.4, 0.5) is 13.2 Å². The first-order chi connectivity index (χ1) is 16.2. The number of pyridine rings is 1. The zero-order valence-electron chi connectivity index (χ0n) is 18.6. The van der Waals surface area contributed by atoms with Crippen LogP contribution in [0.1, 0.15) is 46.9 Å². The Bertz CT molecular complexity index is 1260. The van der Waals surface area contributed by atoms with Crippen molar-refractivity contribution in [2.75, 3.05) is 6.54 Å². The standard InChI is InChI=1S/C24H23F3N6O/c1-16(2)22-20(14-31-33(22)21-9-8-18(13-29-21)24(25,26)27)23(34)28-11-10-17-12-30-32(15-17)19-6-4-3-5-7-19/h3-9,12-16H,10-11H2,1-2H3,(H,28,34). The fourth-order valence-corrected chi connectivity index (χ4v) is 3.58. The lowest BCUT2D eigenvalue weighted by Gasteiger charge is -2.13. The van der Waals surface area contributed by atoms with Crippen LogP contribution in [-0.2, 0) is 12.6 Å². The molecule has 1 amide bonds. The molecule has 3 aromatic heterocycles. The second kappa shape index (κ2) is 9.50. The summed E-state index contributed by atoms with van der Waals surface area (Å²) in [5, 5.41) is 11.5. The Morgan fingerprint density at radius 3 is 2.44 bits per heavy atom. The number of nitrogens with zero attached hydrogens (tertiary/aromatic N) is 5. The molecule has 0 radical (unpaired) electrons. The number of hydrogen-bond acceptors (Lipinski definition) is 4. The van der Waals surface area contributed by atoms with Crippen LogP contribution in [0, 0.1) is 0 Å². The Kier molecular flexibility index (Phi) is 6.49. The maximum absolute atomic E-state index is 12.9. The van der Waals surface area contributed by atoms with Gasteiger partial charge in [0.1, 0.15) is 0 Å². The molecule has 0 unspecified atom stereocenters. The Hall–Kier alpha value is -3.95. The van der Waals surface area contributed by atoms with Crippen LogP contribution < -0.4 is 5.32 Å². The SMILES string of the molecule is CC(C)c1c(C(=O)NCCc2cnn(-c3ccccc3)c2)cnn1-c1ccc(C(F)(F)F)cn1. The molecule has 4 aromatic rings. The molecule has 10 heteroatoms. The smallest absolute Gasteiger partial charge is 0.352 e. The van der Waals surface area contributed by atoms with Crippen LogP contribution in [0.2, 0.25) is 0 Å². The Balaban J connectivity index is 1.44. The summed E-state index contributed by atoms with van der Waals surface area (Å²) in [5.41, 5.74) is 2.00. The van der Waals surface area contributed by atoms with Crippen molar-refractivity contribution >= 4 is 5.91 Å². The minimum absolute atomic E-state index is 0.114. The summed E-state index contributed by atoms with van der Waals surface area (Å²) >= 11 is 0. The summed E-state index contributed by atoms with van der Waals surface area (Å²) in [7, 11) is 0. The largest absolute Gasteiger partial charge is 0.417 e. The molecule has 1 aromatic carbocycles. The van der Waals surface area contributed by atoms with Crippen LogP contribution in [0.15, 0.2) is 67.3 Å². The number of carbonyl (C=O) groups is 1. The number of alkyl halides is 3. The number of amides is 1. The molecule has 176 valence electrons.